The van der Waals surface area contributed by atoms with Gasteiger partial charge in [-0.05, 0) is 18.6 Å². The van der Waals surface area contributed by atoms with Crippen molar-refractivity contribution >= 4 is 5.97 Å². The standard InChI is InChI=1S/C22H36O3/c1-2-3-4-5-6-7-8-9-10-11-12-13-16-19-25-22(24)20-17-14-15-18-21(20)23/h14-15,17-18,23H,2-13,16,19H2,1H3. The third-order valence-corrected chi connectivity index (χ3v) is 4.61. The second kappa shape index (κ2) is 14.8. The number of benzene rings is 1. The molecular weight excluding hydrogens is 312 g/mol. The Balaban J connectivity index is 1.86. The molecule has 3 heteroatoms. The van der Waals surface area contributed by atoms with Crippen molar-refractivity contribution in [2.24, 2.45) is 0 Å². The molecule has 3 nitrogen and oxygen atoms in total. The van der Waals surface area contributed by atoms with Crippen LogP contribution in [0, 0.1) is 0 Å². The molecule has 0 amide bonds. The molecule has 0 aliphatic heterocycles. The minimum atomic E-state index is -0.433. The van der Waals surface area contributed by atoms with E-state index in [1.807, 2.05) is 0 Å². The summed E-state index contributed by atoms with van der Waals surface area (Å²) in [4.78, 5) is 11.8. The minimum absolute atomic E-state index is 0.0159. The maximum atomic E-state index is 11.8. The number of unbranched alkanes of at least 4 members (excludes halogenated alkanes) is 12. The Morgan fingerprint density at radius 3 is 1.80 bits per heavy atom. The lowest BCUT2D eigenvalue weighted by Gasteiger charge is -2.06. The molecule has 0 aromatic heterocycles. The Hall–Kier alpha value is -1.51. The summed E-state index contributed by atoms with van der Waals surface area (Å²) < 4.78 is 5.21. The van der Waals surface area contributed by atoms with E-state index in [4.69, 9.17) is 4.74 Å². The van der Waals surface area contributed by atoms with Gasteiger partial charge in [-0.3, -0.25) is 0 Å². The Morgan fingerprint density at radius 2 is 1.28 bits per heavy atom. The smallest absolute Gasteiger partial charge is 0.341 e. The van der Waals surface area contributed by atoms with E-state index in [9.17, 15) is 9.90 Å². The predicted molar refractivity (Wildman–Crippen MR) is 104 cm³/mol. The summed E-state index contributed by atoms with van der Waals surface area (Å²) >= 11 is 0. The van der Waals surface area contributed by atoms with E-state index in [1.165, 1.54) is 76.7 Å². The summed E-state index contributed by atoms with van der Waals surface area (Å²) in [6.07, 6.45) is 16.9. The lowest BCUT2D eigenvalue weighted by molar-refractivity contribution is 0.0494. The fraction of sp³-hybridized carbons (Fsp3) is 0.682. The van der Waals surface area contributed by atoms with Gasteiger partial charge in [0.15, 0.2) is 0 Å². The number of rotatable bonds is 15. The average Bonchev–Trinajstić information content (AvgIpc) is 2.62. The van der Waals surface area contributed by atoms with Gasteiger partial charge in [0, 0.05) is 0 Å². The SMILES string of the molecule is CCCCCCCCCCCCCCCOC(=O)c1ccccc1O. The van der Waals surface area contributed by atoms with Crippen molar-refractivity contribution in [3.63, 3.8) is 0 Å². The van der Waals surface area contributed by atoms with Crippen LogP contribution in [-0.2, 0) is 4.74 Å². The van der Waals surface area contributed by atoms with Gasteiger partial charge in [-0.1, -0.05) is 96.1 Å². The van der Waals surface area contributed by atoms with Crippen molar-refractivity contribution < 1.29 is 14.6 Å². The first-order valence-corrected chi connectivity index (χ1v) is 10.2. The van der Waals surface area contributed by atoms with Crippen LogP contribution in [0.4, 0.5) is 0 Å². The van der Waals surface area contributed by atoms with Crippen LogP contribution in [-0.4, -0.2) is 17.7 Å². The number of aromatic hydroxyl groups is 1. The molecule has 0 aliphatic carbocycles. The zero-order valence-corrected chi connectivity index (χ0v) is 16.0. The van der Waals surface area contributed by atoms with E-state index in [0.717, 1.165) is 12.8 Å². The maximum Gasteiger partial charge on any atom is 0.341 e. The van der Waals surface area contributed by atoms with E-state index >= 15 is 0 Å². The fourth-order valence-electron chi connectivity index (χ4n) is 3.01. The highest BCUT2D eigenvalue weighted by Gasteiger charge is 2.10. The first kappa shape index (κ1) is 21.5. The number of carbonyl (C=O) groups is 1. The third-order valence-electron chi connectivity index (χ3n) is 4.61. The maximum absolute atomic E-state index is 11.8. The van der Waals surface area contributed by atoms with Gasteiger partial charge in [-0.2, -0.15) is 0 Å². The first-order valence-electron chi connectivity index (χ1n) is 10.2. The van der Waals surface area contributed by atoms with E-state index in [-0.39, 0.29) is 11.3 Å². The molecular formula is C22H36O3. The second-order valence-corrected chi connectivity index (χ2v) is 6.90. The number of esters is 1. The summed E-state index contributed by atoms with van der Waals surface area (Å²) in [5.41, 5.74) is 0.247. The van der Waals surface area contributed by atoms with Crippen LogP contribution >= 0.6 is 0 Å². The minimum Gasteiger partial charge on any atom is -0.507 e. The summed E-state index contributed by atoms with van der Waals surface area (Å²) in [7, 11) is 0. The number of carbonyl (C=O) groups excluding carboxylic acids is 1. The number of hydrogen-bond donors (Lipinski definition) is 1. The molecule has 0 bridgehead atoms. The Kier molecular flexibility index (Phi) is 12.7. The number of hydrogen-bond acceptors (Lipinski definition) is 3. The van der Waals surface area contributed by atoms with Crippen LogP contribution < -0.4 is 0 Å². The normalized spacial score (nSPS) is 10.8. The van der Waals surface area contributed by atoms with Gasteiger partial charge < -0.3 is 9.84 Å². The summed E-state index contributed by atoms with van der Waals surface area (Å²) in [5.74, 6) is -0.449. The zero-order chi connectivity index (χ0) is 18.2. The molecule has 0 fully saturated rings. The van der Waals surface area contributed by atoms with Crippen LogP contribution in [0.15, 0.2) is 24.3 Å². The van der Waals surface area contributed by atoms with Crippen molar-refractivity contribution in [1.82, 2.24) is 0 Å². The van der Waals surface area contributed by atoms with Gasteiger partial charge in [0.1, 0.15) is 11.3 Å². The van der Waals surface area contributed by atoms with Crippen LogP contribution in [0.3, 0.4) is 0 Å². The summed E-state index contributed by atoms with van der Waals surface area (Å²) in [6.45, 7) is 2.70. The highest BCUT2D eigenvalue weighted by atomic mass is 16.5. The van der Waals surface area contributed by atoms with E-state index in [0.29, 0.717) is 6.61 Å². The second-order valence-electron chi connectivity index (χ2n) is 6.90. The average molecular weight is 349 g/mol. The van der Waals surface area contributed by atoms with Crippen molar-refractivity contribution in [3.05, 3.63) is 29.8 Å². The molecule has 142 valence electrons. The highest BCUT2D eigenvalue weighted by molar-refractivity contribution is 5.92. The van der Waals surface area contributed by atoms with Crippen LogP contribution in [0.1, 0.15) is 101 Å². The van der Waals surface area contributed by atoms with Gasteiger partial charge >= 0.3 is 5.97 Å². The molecule has 0 unspecified atom stereocenters. The molecule has 0 heterocycles. The number of para-hydroxylation sites is 1. The lowest BCUT2D eigenvalue weighted by Crippen LogP contribution is -2.06. The largest absolute Gasteiger partial charge is 0.507 e. The van der Waals surface area contributed by atoms with Crippen molar-refractivity contribution in [3.8, 4) is 5.75 Å². The Bertz CT molecular complexity index is 456. The fourth-order valence-corrected chi connectivity index (χ4v) is 3.01. The summed E-state index contributed by atoms with van der Waals surface area (Å²) in [5, 5.41) is 9.60. The number of phenolic OH excluding ortho intramolecular Hbond substituents is 1. The van der Waals surface area contributed by atoms with Gasteiger partial charge in [-0.15, -0.1) is 0 Å². The molecule has 1 rings (SSSR count). The molecule has 0 spiro atoms. The first-order chi connectivity index (χ1) is 12.3. The Morgan fingerprint density at radius 1 is 0.800 bits per heavy atom. The molecule has 0 saturated carbocycles. The van der Waals surface area contributed by atoms with Gasteiger partial charge in [0.25, 0.3) is 0 Å². The lowest BCUT2D eigenvalue weighted by atomic mass is 10.0. The monoisotopic (exact) mass is 348 g/mol. The molecule has 0 aliphatic rings. The zero-order valence-electron chi connectivity index (χ0n) is 16.0. The number of ether oxygens (including phenoxy) is 1. The van der Waals surface area contributed by atoms with Crippen molar-refractivity contribution in [2.75, 3.05) is 6.61 Å². The highest BCUT2D eigenvalue weighted by Crippen LogP contribution is 2.17. The van der Waals surface area contributed by atoms with Crippen LogP contribution in [0.5, 0.6) is 5.75 Å². The van der Waals surface area contributed by atoms with E-state index in [2.05, 4.69) is 6.92 Å². The molecule has 0 saturated heterocycles. The third kappa shape index (κ3) is 10.9. The molecule has 0 atom stereocenters. The van der Waals surface area contributed by atoms with Crippen LogP contribution in [0.25, 0.3) is 0 Å². The molecule has 1 N–H and O–H groups in total. The molecule has 1 aromatic carbocycles. The van der Waals surface area contributed by atoms with E-state index < -0.39 is 5.97 Å². The van der Waals surface area contributed by atoms with Crippen LogP contribution in [0.2, 0.25) is 0 Å². The van der Waals surface area contributed by atoms with Gasteiger partial charge in [0.05, 0.1) is 6.61 Å². The van der Waals surface area contributed by atoms with Gasteiger partial charge in [-0.25, -0.2) is 4.79 Å². The molecule has 25 heavy (non-hydrogen) atoms. The summed E-state index contributed by atoms with van der Waals surface area (Å²) in [6, 6.07) is 6.50. The predicted octanol–water partition coefficient (Wildman–Crippen LogP) is 6.64. The molecule has 0 radical (unpaired) electrons. The van der Waals surface area contributed by atoms with Crippen molar-refractivity contribution in [2.45, 2.75) is 90.4 Å². The van der Waals surface area contributed by atoms with Crippen molar-refractivity contribution in [1.29, 1.82) is 0 Å². The number of phenols is 1. The Labute approximate surface area is 153 Å². The topological polar surface area (TPSA) is 46.5 Å². The van der Waals surface area contributed by atoms with Gasteiger partial charge in [0.2, 0.25) is 0 Å². The molecule has 1 aromatic rings. The van der Waals surface area contributed by atoms with E-state index in [1.54, 1.807) is 18.2 Å². The quantitative estimate of drug-likeness (QED) is 0.285.